The van der Waals surface area contributed by atoms with Crippen LogP contribution in [0.5, 0.6) is 0 Å². The third-order valence-corrected chi connectivity index (χ3v) is 8.71. The normalized spacial score (nSPS) is 15.9. The number of hydrogen-bond donors (Lipinski definition) is 0. The Morgan fingerprint density at radius 3 is 1.20 bits per heavy atom. The van der Waals surface area contributed by atoms with Gasteiger partial charge in [0.05, 0.1) is 7.11 Å². The van der Waals surface area contributed by atoms with Crippen molar-refractivity contribution in [3.63, 3.8) is 0 Å². The van der Waals surface area contributed by atoms with Gasteiger partial charge in [-0.05, 0) is 146 Å². The molecule has 0 unspecified atom stereocenters. The minimum atomic E-state index is -0.178. The van der Waals surface area contributed by atoms with E-state index in [0.29, 0.717) is 17.6 Å². The van der Waals surface area contributed by atoms with Gasteiger partial charge in [-0.15, -0.1) is 0 Å². The predicted molar refractivity (Wildman–Crippen MR) is 200 cm³/mol. The molecule has 0 aromatic carbocycles. The molecule has 0 spiro atoms. The molecule has 0 bridgehead atoms. The molecule has 1 rings (SSSR count). The molecule has 0 aliphatic heterocycles. The first kappa shape index (κ1) is 40.8. The maximum Gasteiger partial charge on any atom is 0.224 e. The highest BCUT2D eigenvalue weighted by molar-refractivity contribution is 6.21. The summed E-state index contributed by atoms with van der Waals surface area (Å²) in [7, 11) is 1.43. The molecule has 254 valence electrons. The van der Waals surface area contributed by atoms with Gasteiger partial charge in [0.2, 0.25) is 5.78 Å². The van der Waals surface area contributed by atoms with E-state index in [9.17, 15) is 9.59 Å². The Bertz CT molecular complexity index is 1290. The average Bonchev–Trinajstić information content (AvgIpc) is 2.98. The first-order valence-electron chi connectivity index (χ1n) is 17.5. The number of rotatable bonds is 21. The summed E-state index contributed by atoms with van der Waals surface area (Å²) < 4.78 is 5.09. The summed E-state index contributed by atoms with van der Waals surface area (Å²) in [5.74, 6) is -0.185. The van der Waals surface area contributed by atoms with Gasteiger partial charge in [-0.1, -0.05) is 81.5 Å². The van der Waals surface area contributed by atoms with Gasteiger partial charge in [0.25, 0.3) is 0 Å². The largest absolute Gasteiger partial charge is 0.493 e. The summed E-state index contributed by atoms with van der Waals surface area (Å²) >= 11 is 0. The van der Waals surface area contributed by atoms with Crippen molar-refractivity contribution in [1.29, 1.82) is 0 Å². The maximum absolute atomic E-state index is 12.5. The van der Waals surface area contributed by atoms with E-state index in [2.05, 4.69) is 97.9 Å². The van der Waals surface area contributed by atoms with Crippen molar-refractivity contribution in [2.75, 3.05) is 7.11 Å². The van der Waals surface area contributed by atoms with E-state index in [-0.39, 0.29) is 17.3 Å². The second kappa shape index (κ2) is 23.2. The Kier molecular flexibility index (Phi) is 20.6. The zero-order chi connectivity index (χ0) is 34.5. The van der Waals surface area contributed by atoms with E-state index in [1.807, 2.05) is 0 Å². The van der Waals surface area contributed by atoms with Crippen molar-refractivity contribution in [3.05, 3.63) is 105 Å². The molecule has 0 aromatic heterocycles. The molecule has 3 heteroatoms. The molecule has 46 heavy (non-hydrogen) atoms. The number of ketones is 2. The highest BCUT2D eigenvalue weighted by atomic mass is 16.5. The molecule has 0 saturated carbocycles. The maximum atomic E-state index is 12.5. The van der Waals surface area contributed by atoms with E-state index in [1.165, 1.54) is 58.6 Å². The Hall–Kier alpha value is -3.20. The van der Waals surface area contributed by atoms with Gasteiger partial charge in [-0.2, -0.15) is 0 Å². The van der Waals surface area contributed by atoms with Gasteiger partial charge < -0.3 is 4.74 Å². The number of allylic oxidation sites excluding steroid dienone is 17. The molecule has 0 atom stereocenters. The van der Waals surface area contributed by atoms with E-state index in [4.69, 9.17) is 4.74 Å². The monoisotopic (exact) mass is 628 g/mol. The van der Waals surface area contributed by atoms with Crippen molar-refractivity contribution >= 4 is 11.6 Å². The van der Waals surface area contributed by atoms with Crippen LogP contribution >= 0.6 is 0 Å². The molecular formula is C43H64O3. The van der Waals surface area contributed by atoms with Crippen molar-refractivity contribution in [1.82, 2.24) is 0 Å². The highest BCUT2D eigenvalue weighted by Crippen LogP contribution is 2.24. The van der Waals surface area contributed by atoms with Crippen molar-refractivity contribution in [2.45, 2.75) is 146 Å². The lowest BCUT2D eigenvalue weighted by Gasteiger charge is -2.15. The quantitative estimate of drug-likeness (QED) is 0.0938. The van der Waals surface area contributed by atoms with Crippen LogP contribution in [0.3, 0.4) is 0 Å². The zero-order valence-corrected chi connectivity index (χ0v) is 31.0. The minimum Gasteiger partial charge on any atom is -0.493 e. The van der Waals surface area contributed by atoms with Crippen LogP contribution in [-0.2, 0) is 14.3 Å². The second-order valence-corrected chi connectivity index (χ2v) is 13.5. The second-order valence-electron chi connectivity index (χ2n) is 13.5. The molecule has 0 radical (unpaired) electrons. The first-order valence-corrected chi connectivity index (χ1v) is 17.5. The van der Waals surface area contributed by atoms with Gasteiger partial charge in [-0.25, -0.2) is 0 Å². The van der Waals surface area contributed by atoms with Gasteiger partial charge in [0.1, 0.15) is 0 Å². The van der Waals surface area contributed by atoms with Crippen LogP contribution in [0.1, 0.15) is 146 Å². The standard InChI is InChI=1S/C43H64O3/c1-32(2)17-11-18-33(3)19-12-20-34(4)21-13-22-35(5)23-14-24-36(6)25-15-26-37(7)27-16-28-38(8)29-30-40-39(9)41(44)31-42(46-10)43(40)45/h17,19,21,23,25,27,29,31H,11-16,18,20,22,24,26,28,30H2,1-10H3. The van der Waals surface area contributed by atoms with Crippen LogP contribution < -0.4 is 0 Å². The molecule has 0 heterocycles. The summed E-state index contributed by atoms with van der Waals surface area (Å²) in [4.78, 5) is 24.7. The molecule has 3 nitrogen and oxygen atoms in total. The lowest BCUT2D eigenvalue weighted by atomic mass is 9.91. The van der Waals surface area contributed by atoms with Crippen molar-refractivity contribution in [2.24, 2.45) is 0 Å². The number of hydrogen-bond acceptors (Lipinski definition) is 3. The number of methoxy groups -OCH3 is 1. The molecule has 1 aliphatic rings. The first-order chi connectivity index (χ1) is 21.8. The zero-order valence-electron chi connectivity index (χ0n) is 31.0. The molecular weight excluding hydrogens is 564 g/mol. The van der Waals surface area contributed by atoms with E-state index >= 15 is 0 Å². The Labute approximate surface area is 282 Å². The predicted octanol–water partition coefficient (Wildman–Crippen LogP) is 12.7. The Morgan fingerprint density at radius 2 is 0.870 bits per heavy atom. The summed E-state index contributed by atoms with van der Waals surface area (Å²) in [6.45, 7) is 19.4. The summed E-state index contributed by atoms with van der Waals surface area (Å²) in [6, 6.07) is 0. The van der Waals surface area contributed by atoms with Gasteiger partial charge >= 0.3 is 0 Å². The fourth-order valence-corrected chi connectivity index (χ4v) is 5.37. The molecule has 0 N–H and O–H groups in total. The van der Waals surface area contributed by atoms with Crippen molar-refractivity contribution in [3.8, 4) is 0 Å². The smallest absolute Gasteiger partial charge is 0.224 e. The number of ether oxygens (including phenoxy) is 1. The molecule has 0 aromatic rings. The third-order valence-electron chi connectivity index (χ3n) is 8.71. The van der Waals surface area contributed by atoms with Crippen LogP contribution in [0.4, 0.5) is 0 Å². The fraction of sp³-hybridized carbons (Fsp3) is 0.535. The third kappa shape index (κ3) is 18.1. The van der Waals surface area contributed by atoms with Gasteiger partial charge in [0, 0.05) is 17.2 Å². The lowest BCUT2D eigenvalue weighted by molar-refractivity contribution is -0.118. The van der Waals surface area contributed by atoms with Crippen molar-refractivity contribution < 1.29 is 14.3 Å². The van der Waals surface area contributed by atoms with Crippen LogP contribution in [0, 0.1) is 0 Å². The summed E-state index contributed by atoms with van der Waals surface area (Å²) in [5, 5.41) is 0. The number of Topliss-reactive ketones (excluding diaryl/α,β-unsaturated/α-hetero) is 1. The van der Waals surface area contributed by atoms with E-state index < -0.39 is 0 Å². The van der Waals surface area contributed by atoms with Gasteiger partial charge in [-0.3, -0.25) is 9.59 Å². The van der Waals surface area contributed by atoms with Crippen LogP contribution in [0.15, 0.2) is 105 Å². The topological polar surface area (TPSA) is 43.4 Å². The summed E-state index contributed by atoms with van der Waals surface area (Å²) in [6.07, 6.45) is 31.4. The Balaban J connectivity index is 2.32. The van der Waals surface area contributed by atoms with Crippen LogP contribution in [0.25, 0.3) is 0 Å². The highest BCUT2D eigenvalue weighted by Gasteiger charge is 2.25. The molecule has 0 saturated heterocycles. The van der Waals surface area contributed by atoms with Crippen LogP contribution in [0.2, 0.25) is 0 Å². The lowest BCUT2D eigenvalue weighted by Crippen LogP contribution is -2.19. The number of carbonyl (C=O) groups is 2. The molecule has 0 fully saturated rings. The van der Waals surface area contributed by atoms with Crippen LogP contribution in [-0.4, -0.2) is 18.7 Å². The average molecular weight is 629 g/mol. The minimum absolute atomic E-state index is 0.135. The molecule has 1 aliphatic carbocycles. The van der Waals surface area contributed by atoms with Gasteiger partial charge in [0.15, 0.2) is 11.5 Å². The number of carbonyl (C=O) groups excluding carboxylic acids is 2. The Morgan fingerprint density at radius 1 is 0.543 bits per heavy atom. The SMILES string of the molecule is COC1=CC(=O)C(C)=C(CC=C(C)CCC=C(C)CCC=C(C)CCC=C(C)CCC=C(C)CCC=C(C)CCC=C(C)C)C1=O. The van der Waals surface area contributed by atoms with E-state index in [1.54, 1.807) is 6.92 Å². The van der Waals surface area contributed by atoms with E-state index in [0.717, 1.165) is 70.6 Å². The molecule has 0 amide bonds. The summed E-state index contributed by atoms with van der Waals surface area (Å²) in [5.41, 5.74) is 11.1. The fourth-order valence-electron chi connectivity index (χ4n) is 5.37.